The van der Waals surface area contributed by atoms with Crippen molar-refractivity contribution < 1.29 is 4.74 Å². The molecule has 2 heterocycles. The molecule has 96 valence electrons. The van der Waals surface area contributed by atoms with E-state index in [0.29, 0.717) is 5.92 Å². The van der Waals surface area contributed by atoms with E-state index in [4.69, 9.17) is 4.74 Å². The van der Waals surface area contributed by atoms with Crippen LogP contribution >= 0.6 is 11.3 Å². The van der Waals surface area contributed by atoms with E-state index in [-0.39, 0.29) is 5.54 Å². The Morgan fingerprint density at radius 1 is 1.41 bits per heavy atom. The van der Waals surface area contributed by atoms with Gasteiger partial charge >= 0.3 is 0 Å². The van der Waals surface area contributed by atoms with Crippen molar-refractivity contribution in [2.24, 2.45) is 0 Å². The summed E-state index contributed by atoms with van der Waals surface area (Å²) in [5, 5.41) is 14.3. The number of rotatable bonds is 4. The van der Waals surface area contributed by atoms with Gasteiger partial charge in [0.25, 0.3) is 0 Å². The Balaban J connectivity index is 1.81. The summed E-state index contributed by atoms with van der Waals surface area (Å²) in [6, 6.07) is 0. The Labute approximate surface area is 107 Å². The van der Waals surface area contributed by atoms with Crippen LogP contribution in [-0.4, -0.2) is 35.5 Å². The summed E-state index contributed by atoms with van der Waals surface area (Å²) in [7, 11) is 0. The maximum Gasteiger partial charge on any atom is 0.122 e. The minimum Gasteiger partial charge on any atom is -0.381 e. The SMILES string of the molecule is CC(C)(C)NCCc1nnc(C2CCOC2)s1. The fourth-order valence-corrected chi connectivity index (χ4v) is 2.77. The minimum absolute atomic E-state index is 0.173. The van der Waals surface area contributed by atoms with Crippen molar-refractivity contribution in [1.29, 1.82) is 0 Å². The third kappa shape index (κ3) is 4.01. The molecule has 1 aliphatic rings. The van der Waals surface area contributed by atoms with Crippen LogP contribution < -0.4 is 5.32 Å². The molecule has 17 heavy (non-hydrogen) atoms. The summed E-state index contributed by atoms with van der Waals surface area (Å²) in [6.07, 6.45) is 2.05. The van der Waals surface area contributed by atoms with Crippen molar-refractivity contribution in [3.05, 3.63) is 10.0 Å². The Kier molecular flexibility index (Phi) is 4.12. The van der Waals surface area contributed by atoms with Gasteiger partial charge < -0.3 is 10.1 Å². The van der Waals surface area contributed by atoms with Gasteiger partial charge in [-0.2, -0.15) is 0 Å². The lowest BCUT2D eigenvalue weighted by Gasteiger charge is -2.19. The van der Waals surface area contributed by atoms with Crippen LogP contribution in [0.1, 0.15) is 43.1 Å². The summed E-state index contributed by atoms with van der Waals surface area (Å²) >= 11 is 1.74. The van der Waals surface area contributed by atoms with Crippen LogP contribution in [0, 0.1) is 0 Å². The topological polar surface area (TPSA) is 47.0 Å². The normalized spacial score (nSPS) is 21.0. The first-order chi connectivity index (χ1) is 8.04. The maximum absolute atomic E-state index is 5.37. The lowest BCUT2D eigenvalue weighted by atomic mass is 10.1. The predicted octanol–water partition coefficient (Wildman–Crippen LogP) is 1.97. The Morgan fingerprint density at radius 3 is 2.88 bits per heavy atom. The molecular weight excluding hydrogens is 234 g/mol. The molecule has 0 radical (unpaired) electrons. The fraction of sp³-hybridized carbons (Fsp3) is 0.833. The van der Waals surface area contributed by atoms with Gasteiger partial charge in [-0.1, -0.05) is 0 Å². The van der Waals surface area contributed by atoms with Crippen molar-refractivity contribution in [1.82, 2.24) is 15.5 Å². The second-order valence-corrected chi connectivity index (χ2v) is 6.61. The van der Waals surface area contributed by atoms with Gasteiger partial charge in [0.15, 0.2) is 0 Å². The molecule has 2 rings (SSSR count). The van der Waals surface area contributed by atoms with Crippen LogP contribution in [0.4, 0.5) is 0 Å². The molecule has 1 atom stereocenters. The Hall–Kier alpha value is -0.520. The number of aromatic nitrogens is 2. The highest BCUT2D eigenvalue weighted by Crippen LogP contribution is 2.27. The zero-order valence-corrected chi connectivity index (χ0v) is 11.6. The summed E-state index contributed by atoms with van der Waals surface area (Å²) in [5.74, 6) is 0.483. The third-order valence-corrected chi connectivity index (χ3v) is 3.90. The quantitative estimate of drug-likeness (QED) is 0.893. The second-order valence-electron chi connectivity index (χ2n) is 5.52. The lowest BCUT2D eigenvalue weighted by molar-refractivity contribution is 0.194. The smallest absolute Gasteiger partial charge is 0.122 e. The highest BCUT2D eigenvalue weighted by Gasteiger charge is 2.21. The van der Waals surface area contributed by atoms with Gasteiger partial charge in [-0.15, -0.1) is 21.5 Å². The van der Waals surface area contributed by atoms with E-state index >= 15 is 0 Å². The molecule has 0 saturated carbocycles. The van der Waals surface area contributed by atoms with Gasteiger partial charge in [-0.25, -0.2) is 0 Å². The predicted molar refractivity (Wildman–Crippen MR) is 69.5 cm³/mol. The highest BCUT2D eigenvalue weighted by atomic mass is 32.1. The van der Waals surface area contributed by atoms with Crippen LogP contribution in [-0.2, 0) is 11.2 Å². The molecule has 1 unspecified atom stereocenters. The van der Waals surface area contributed by atoms with Crippen molar-refractivity contribution >= 4 is 11.3 Å². The van der Waals surface area contributed by atoms with Crippen molar-refractivity contribution in [2.75, 3.05) is 19.8 Å². The van der Waals surface area contributed by atoms with E-state index in [2.05, 4.69) is 36.3 Å². The van der Waals surface area contributed by atoms with E-state index < -0.39 is 0 Å². The monoisotopic (exact) mass is 255 g/mol. The van der Waals surface area contributed by atoms with Gasteiger partial charge in [0.05, 0.1) is 6.61 Å². The molecule has 1 saturated heterocycles. The maximum atomic E-state index is 5.37. The average molecular weight is 255 g/mol. The zero-order chi connectivity index (χ0) is 12.3. The van der Waals surface area contributed by atoms with Gasteiger partial charge in [0.1, 0.15) is 10.0 Å². The highest BCUT2D eigenvalue weighted by molar-refractivity contribution is 7.11. The summed E-state index contributed by atoms with van der Waals surface area (Å²) in [5.41, 5.74) is 0.173. The number of nitrogens with zero attached hydrogens (tertiary/aromatic N) is 2. The molecule has 0 spiro atoms. The molecule has 1 fully saturated rings. The molecule has 1 aliphatic heterocycles. The first-order valence-electron chi connectivity index (χ1n) is 6.20. The van der Waals surface area contributed by atoms with Crippen LogP contribution in [0.15, 0.2) is 0 Å². The molecule has 0 amide bonds. The van der Waals surface area contributed by atoms with Gasteiger partial charge in [-0.3, -0.25) is 0 Å². The van der Waals surface area contributed by atoms with Gasteiger partial charge in [-0.05, 0) is 27.2 Å². The molecule has 0 bridgehead atoms. The average Bonchev–Trinajstić information content (AvgIpc) is 2.83. The summed E-state index contributed by atoms with van der Waals surface area (Å²) in [4.78, 5) is 0. The molecular formula is C12H21N3OS. The molecule has 1 aromatic heterocycles. The van der Waals surface area contributed by atoms with Crippen molar-refractivity contribution in [3.63, 3.8) is 0 Å². The number of hydrogen-bond donors (Lipinski definition) is 1. The van der Waals surface area contributed by atoms with Crippen molar-refractivity contribution in [2.45, 2.75) is 45.1 Å². The van der Waals surface area contributed by atoms with Gasteiger partial charge in [0.2, 0.25) is 0 Å². The first-order valence-corrected chi connectivity index (χ1v) is 7.01. The minimum atomic E-state index is 0.173. The lowest BCUT2D eigenvalue weighted by Crippen LogP contribution is -2.37. The number of nitrogens with one attached hydrogen (secondary N) is 1. The number of ether oxygens (including phenoxy) is 1. The molecule has 0 aromatic carbocycles. The van der Waals surface area contributed by atoms with E-state index in [9.17, 15) is 0 Å². The fourth-order valence-electron chi connectivity index (χ4n) is 1.81. The third-order valence-electron chi connectivity index (χ3n) is 2.76. The molecule has 1 N–H and O–H groups in total. The number of hydrogen-bond acceptors (Lipinski definition) is 5. The van der Waals surface area contributed by atoms with Crippen LogP contribution in [0.25, 0.3) is 0 Å². The molecule has 5 heteroatoms. The summed E-state index contributed by atoms with van der Waals surface area (Å²) in [6.45, 7) is 9.16. The van der Waals surface area contributed by atoms with E-state index in [1.165, 1.54) is 0 Å². The van der Waals surface area contributed by atoms with E-state index in [0.717, 1.165) is 42.6 Å². The van der Waals surface area contributed by atoms with E-state index in [1.54, 1.807) is 11.3 Å². The standard InChI is InChI=1S/C12H21N3OS/c1-12(2,3)13-6-4-10-14-15-11(17-10)9-5-7-16-8-9/h9,13H,4-8H2,1-3H3. The van der Waals surface area contributed by atoms with E-state index in [1.807, 2.05) is 0 Å². The summed E-state index contributed by atoms with van der Waals surface area (Å²) < 4.78 is 5.37. The largest absolute Gasteiger partial charge is 0.381 e. The van der Waals surface area contributed by atoms with Gasteiger partial charge in [0, 0.05) is 31.0 Å². The first kappa shape index (κ1) is 12.9. The van der Waals surface area contributed by atoms with Crippen molar-refractivity contribution in [3.8, 4) is 0 Å². The second kappa shape index (κ2) is 5.42. The molecule has 1 aromatic rings. The van der Waals surface area contributed by atoms with Crippen LogP contribution in [0.3, 0.4) is 0 Å². The Bertz CT molecular complexity index is 353. The molecule has 4 nitrogen and oxygen atoms in total. The van der Waals surface area contributed by atoms with Crippen LogP contribution in [0.5, 0.6) is 0 Å². The van der Waals surface area contributed by atoms with Crippen LogP contribution in [0.2, 0.25) is 0 Å². The Morgan fingerprint density at radius 2 is 2.24 bits per heavy atom. The molecule has 0 aliphatic carbocycles. The zero-order valence-electron chi connectivity index (χ0n) is 10.8.